The Morgan fingerprint density at radius 1 is 0.142 bits per heavy atom. The zero-order chi connectivity index (χ0) is 69.8. The van der Waals surface area contributed by atoms with Crippen molar-refractivity contribution >= 4 is 87.2 Å². The highest BCUT2D eigenvalue weighted by molar-refractivity contribution is 6.17. The molecule has 0 unspecified atom stereocenters. The number of aromatic nitrogens is 8. The van der Waals surface area contributed by atoms with Crippen LogP contribution in [0.4, 0.5) is 0 Å². The lowest BCUT2D eigenvalue weighted by atomic mass is 9.90. The largest absolute Gasteiger partial charge is 0.309 e. The molecule has 0 spiro atoms. The van der Waals surface area contributed by atoms with E-state index in [4.69, 9.17) is 19.9 Å². The van der Waals surface area contributed by atoms with Gasteiger partial charge < -0.3 is 18.3 Å². The minimum Gasteiger partial charge on any atom is -0.309 e. The van der Waals surface area contributed by atoms with Crippen LogP contribution in [0.3, 0.4) is 0 Å². The number of fused-ring (bicyclic) bond motifs is 12. The van der Waals surface area contributed by atoms with Crippen LogP contribution >= 0.6 is 0 Å². The molecule has 0 saturated carbocycles. The molecule has 0 aliphatic carbocycles. The molecular formula is C98H62N8. The predicted octanol–water partition coefficient (Wildman–Crippen LogP) is 25.0. The Bertz CT molecular complexity index is 6220. The van der Waals surface area contributed by atoms with E-state index in [9.17, 15) is 0 Å². The van der Waals surface area contributed by atoms with Crippen molar-refractivity contribution in [3.05, 3.63) is 376 Å². The molecule has 8 aromatic heterocycles. The third-order valence-electron chi connectivity index (χ3n) is 21.2. The van der Waals surface area contributed by atoms with Gasteiger partial charge in [-0.2, -0.15) is 0 Å². The number of nitrogens with zero attached hydrogens (tertiary/aromatic N) is 8. The molecule has 0 fully saturated rings. The number of benzene rings is 13. The number of pyridine rings is 4. The molecule has 0 saturated heterocycles. The van der Waals surface area contributed by atoms with E-state index < -0.39 is 0 Å². The second-order valence-corrected chi connectivity index (χ2v) is 27.1. The van der Waals surface area contributed by atoms with Crippen molar-refractivity contribution in [3.8, 4) is 113 Å². The Morgan fingerprint density at radius 2 is 0.321 bits per heavy atom. The van der Waals surface area contributed by atoms with Crippen molar-refractivity contribution in [1.82, 2.24) is 38.2 Å². The lowest BCUT2D eigenvalue weighted by molar-refractivity contribution is 1.18. The first kappa shape index (κ1) is 60.4. The van der Waals surface area contributed by atoms with E-state index in [-0.39, 0.29) is 0 Å². The Hall–Kier alpha value is -14.3. The summed E-state index contributed by atoms with van der Waals surface area (Å²) in [6, 6.07) is 134. The van der Waals surface area contributed by atoms with Crippen LogP contribution < -0.4 is 0 Å². The second kappa shape index (κ2) is 24.7. The van der Waals surface area contributed by atoms with Crippen LogP contribution in [0, 0.1) is 0 Å². The molecule has 0 aliphatic heterocycles. The highest BCUT2D eigenvalue weighted by atomic mass is 15.0. The van der Waals surface area contributed by atoms with E-state index in [1.807, 2.05) is 0 Å². The van der Waals surface area contributed by atoms with Crippen molar-refractivity contribution in [2.24, 2.45) is 0 Å². The Kier molecular flexibility index (Phi) is 14.1. The van der Waals surface area contributed by atoms with Crippen LogP contribution in [0.15, 0.2) is 376 Å². The molecule has 13 aromatic carbocycles. The summed E-state index contributed by atoms with van der Waals surface area (Å²) in [5.74, 6) is 0. The summed E-state index contributed by atoms with van der Waals surface area (Å²) in [6.07, 6.45) is 0. The van der Waals surface area contributed by atoms with Gasteiger partial charge in [0.25, 0.3) is 0 Å². The summed E-state index contributed by atoms with van der Waals surface area (Å²) < 4.78 is 9.56. The van der Waals surface area contributed by atoms with Gasteiger partial charge in [0, 0.05) is 110 Å². The first-order valence-corrected chi connectivity index (χ1v) is 36.0. The van der Waals surface area contributed by atoms with Gasteiger partial charge in [0.2, 0.25) is 0 Å². The van der Waals surface area contributed by atoms with Gasteiger partial charge in [0.05, 0.1) is 89.7 Å². The van der Waals surface area contributed by atoms with Crippen molar-refractivity contribution in [3.63, 3.8) is 0 Å². The van der Waals surface area contributed by atoms with Gasteiger partial charge in [-0.25, -0.2) is 19.9 Å². The molecule has 21 rings (SSSR count). The smallest absolute Gasteiger partial charge is 0.0730 e. The van der Waals surface area contributed by atoms with Crippen molar-refractivity contribution in [2.75, 3.05) is 0 Å². The van der Waals surface area contributed by atoms with Crippen LogP contribution in [0.1, 0.15) is 0 Å². The molecule has 0 amide bonds. The molecule has 8 nitrogen and oxygen atoms in total. The van der Waals surface area contributed by atoms with E-state index in [1.54, 1.807) is 0 Å². The summed E-state index contributed by atoms with van der Waals surface area (Å²) >= 11 is 0. The molecule has 21 aromatic rings. The molecule has 0 atom stereocenters. The summed E-state index contributed by atoms with van der Waals surface area (Å²) in [6.45, 7) is 0. The van der Waals surface area contributed by atoms with Crippen molar-refractivity contribution in [2.45, 2.75) is 0 Å². The summed E-state index contributed by atoms with van der Waals surface area (Å²) in [5, 5.41) is 9.30. The third kappa shape index (κ3) is 9.69. The molecule has 494 valence electrons. The SMILES string of the molecule is c1ccc(-n2c3ccccc3c3cccc(-c4cccc(-c5cc(-c6cccc(-c7cccc8c9ccccc9n(-c9ccccc9)c78)n6)c(-c6cccc(-c7cccc8c9ccccc9n(-c9ccccc9)c78)n6)cc5-c5cccc(-c6cccc7c8ccccc8n(-c8ccccc8)c67)n5)n4)c32)cc1. The average molecular weight is 1350 g/mol. The van der Waals surface area contributed by atoms with Gasteiger partial charge >= 0.3 is 0 Å². The summed E-state index contributed by atoms with van der Waals surface area (Å²) in [4.78, 5) is 23.6. The number of para-hydroxylation sites is 12. The number of hydrogen-bond donors (Lipinski definition) is 0. The Balaban J connectivity index is 0.841. The van der Waals surface area contributed by atoms with Crippen LogP contribution in [-0.2, 0) is 0 Å². The third-order valence-corrected chi connectivity index (χ3v) is 21.2. The van der Waals surface area contributed by atoms with E-state index in [0.29, 0.717) is 0 Å². The van der Waals surface area contributed by atoms with Gasteiger partial charge in [0.1, 0.15) is 0 Å². The van der Waals surface area contributed by atoms with Gasteiger partial charge in [-0.1, -0.05) is 243 Å². The van der Waals surface area contributed by atoms with Crippen LogP contribution in [0.5, 0.6) is 0 Å². The van der Waals surface area contributed by atoms with E-state index in [0.717, 1.165) is 178 Å². The summed E-state index contributed by atoms with van der Waals surface area (Å²) in [5.41, 5.74) is 27.1. The fourth-order valence-corrected chi connectivity index (χ4v) is 16.7. The molecule has 0 aliphatic rings. The second-order valence-electron chi connectivity index (χ2n) is 27.1. The maximum Gasteiger partial charge on any atom is 0.0730 e. The minimum atomic E-state index is 0.772. The monoisotopic (exact) mass is 1350 g/mol. The van der Waals surface area contributed by atoms with Gasteiger partial charge in [-0.05, 0) is 133 Å². The average Bonchev–Trinajstić information content (AvgIpc) is 1.52. The summed E-state index contributed by atoms with van der Waals surface area (Å²) in [7, 11) is 0. The topological polar surface area (TPSA) is 71.3 Å². The maximum atomic E-state index is 5.89. The Labute approximate surface area is 610 Å². The number of rotatable bonds is 12. The molecule has 106 heavy (non-hydrogen) atoms. The first-order valence-electron chi connectivity index (χ1n) is 36.0. The molecule has 0 radical (unpaired) electrons. The van der Waals surface area contributed by atoms with Crippen LogP contribution in [0.2, 0.25) is 0 Å². The van der Waals surface area contributed by atoms with E-state index in [2.05, 4.69) is 394 Å². The molecule has 0 bridgehead atoms. The van der Waals surface area contributed by atoms with Gasteiger partial charge in [-0.15, -0.1) is 0 Å². The predicted molar refractivity (Wildman–Crippen MR) is 438 cm³/mol. The zero-order valence-corrected chi connectivity index (χ0v) is 57.4. The van der Waals surface area contributed by atoms with Crippen LogP contribution in [-0.4, -0.2) is 38.2 Å². The lowest BCUT2D eigenvalue weighted by Crippen LogP contribution is -2.00. The van der Waals surface area contributed by atoms with E-state index >= 15 is 0 Å². The molecular weight excluding hydrogens is 1290 g/mol. The molecule has 8 heteroatoms. The highest BCUT2D eigenvalue weighted by Crippen LogP contribution is 2.47. The standard InChI is InChI=1S/C98H62N8/c1-5-29-63(30-6-1)103-91-57-17-13-37-67(91)71-41-21-45-75(95(71)103)83-49-25-53-87(99-83)79-61-81(89-55-27-51-85(101-89)77-47-23-43-73-69-39-15-19-59-93(69)105(97(73)77)65-33-9-3-10-34-65)82(90-56-28-52-86(102-90)78-48-24-44-74-70-40-16-20-60-94(70)106(98(74)78)66-35-11-4-12-36-66)62-80(79)88-54-26-50-84(100-88)76-46-22-42-72-68-38-14-18-58-92(68)104(96(72)76)64-31-7-2-8-32-64/h1-62H. The van der Waals surface area contributed by atoms with Crippen LogP contribution in [0.25, 0.3) is 200 Å². The highest BCUT2D eigenvalue weighted by Gasteiger charge is 2.26. The minimum absolute atomic E-state index is 0.772. The maximum absolute atomic E-state index is 5.89. The fourth-order valence-electron chi connectivity index (χ4n) is 16.7. The Morgan fingerprint density at radius 3 is 0.547 bits per heavy atom. The quantitative estimate of drug-likeness (QED) is 0.122. The molecule has 8 heterocycles. The van der Waals surface area contributed by atoms with Crippen molar-refractivity contribution < 1.29 is 0 Å². The van der Waals surface area contributed by atoms with Gasteiger partial charge in [0.15, 0.2) is 0 Å². The van der Waals surface area contributed by atoms with Crippen molar-refractivity contribution in [1.29, 1.82) is 0 Å². The fraction of sp³-hybridized carbons (Fsp3) is 0. The lowest BCUT2D eigenvalue weighted by Gasteiger charge is -2.19. The normalized spacial score (nSPS) is 11.8. The number of hydrogen-bond acceptors (Lipinski definition) is 4. The zero-order valence-electron chi connectivity index (χ0n) is 57.4. The van der Waals surface area contributed by atoms with E-state index in [1.165, 1.54) is 21.5 Å². The molecule has 0 N–H and O–H groups in total. The first-order chi connectivity index (χ1) is 52.6. The van der Waals surface area contributed by atoms with Gasteiger partial charge in [-0.3, -0.25) is 0 Å².